The minimum absolute atomic E-state index is 0.196. The summed E-state index contributed by atoms with van der Waals surface area (Å²) >= 11 is 0. The van der Waals surface area contributed by atoms with Crippen molar-refractivity contribution in [1.82, 2.24) is 4.98 Å². The molecule has 1 aromatic rings. The van der Waals surface area contributed by atoms with Crippen LogP contribution in [-0.2, 0) is 6.42 Å². The molecule has 0 bridgehead atoms. The second kappa shape index (κ2) is 6.78. The molecule has 0 radical (unpaired) electrons. The van der Waals surface area contributed by atoms with Crippen LogP contribution in [0.15, 0.2) is 12.3 Å². The van der Waals surface area contributed by atoms with Crippen LogP contribution in [0, 0.1) is 12.3 Å². The number of hydrogen-bond acceptors (Lipinski definition) is 3. The molecule has 0 saturated carbocycles. The van der Waals surface area contributed by atoms with E-state index >= 15 is 0 Å². The van der Waals surface area contributed by atoms with Gasteiger partial charge in [-0.3, -0.25) is 0 Å². The summed E-state index contributed by atoms with van der Waals surface area (Å²) in [5, 5.41) is 0. The number of anilines is 1. The first-order valence-electron chi connectivity index (χ1n) is 8.45. The van der Waals surface area contributed by atoms with Gasteiger partial charge >= 0.3 is 0 Å². The fourth-order valence-corrected chi connectivity index (χ4v) is 3.59. The topological polar surface area (TPSA) is 42.2 Å². The van der Waals surface area contributed by atoms with Gasteiger partial charge in [0.1, 0.15) is 5.82 Å². The van der Waals surface area contributed by atoms with E-state index in [4.69, 9.17) is 10.7 Å². The normalized spacial score (nSPS) is 19.6. The number of nitrogens with zero attached hydrogens (tertiary/aromatic N) is 2. The van der Waals surface area contributed by atoms with Gasteiger partial charge in [-0.1, -0.05) is 32.8 Å². The number of piperidine rings is 1. The number of aromatic nitrogens is 1. The van der Waals surface area contributed by atoms with Gasteiger partial charge in [-0.25, -0.2) is 4.98 Å². The highest BCUT2D eigenvalue weighted by Crippen LogP contribution is 2.39. The predicted molar refractivity (Wildman–Crippen MR) is 90.8 cm³/mol. The lowest BCUT2D eigenvalue weighted by molar-refractivity contribution is 0.199. The standard InChI is InChI=1S/C18H31N3/c1-5-18(6-2)7-9-21(10-8-18)17-14(3)11-16(13-20-17)12-15(4)19/h11,13,15H,5-10,12,19H2,1-4H3. The van der Waals surface area contributed by atoms with Gasteiger partial charge in [0.2, 0.25) is 0 Å². The second-order valence-corrected chi connectivity index (χ2v) is 6.86. The van der Waals surface area contributed by atoms with E-state index in [2.05, 4.69) is 31.7 Å². The molecule has 0 aromatic carbocycles. The molecule has 2 N–H and O–H groups in total. The summed E-state index contributed by atoms with van der Waals surface area (Å²) in [6, 6.07) is 2.45. The quantitative estimate of drug-likeness (QED) is 0.899. The molecular formula is C18H31N3. The number of nitrogens with two attached hydrogens (primary N) is 1. The third kappa shape index (κ3) is 3.76. The summed E-state index contributed by atoms with van der Waals surface area (Å²) in [7, 11) is 0. The van der Waals surface area contributed by atoms with Gasteiger partial charge in [-0.15, -0.1) is 0 Å². The van der Waals surface area contributed by atoms with Crippen LogP contribution in [-0.4, -0.2) is 24.1 Å². The number of pyridine rings is 1. The molecule has 3 heteroatoms. The summed E-state index contributed by atoms with van der Waals surface area (Å²) < 4.78 is 0. The van der Waals surface area contributed by atoms with E-state index in [1.807, 2.05) is 13.1 Å². The van der Waals surface area contributed by atoms with Crippen LogP contribution in [0.2, 0.25) is 0 Å². The van der Waals surface area contributed by atoms with Crippen molar-refractivity contribution < 1.29 is 0 Å². The molecule has 1 saturated heterocycles. The molecule has 2 rings (SSSR count). The van der Waals surface area contributed by atoms with Crippen molar-refractivity contribution in [3.8, 4) is 0 Å². The van der Waals surface area contributed by atoms with Gasteiger partial charge in [0, 0.05) is 25.3 Å². The highest BCUT2D eigenvalue weighted by atomic mass is 15.2. The van der Waals surface area contributed by atoms with Crippen molar-refractivity contribution >= 4 is 5.82 Å². The Bertz CT molecular complexity index is 454. The summed E-state index contributed by atoms with van der Waals surface area (Å²) in [5.74, 6) is 1.17. The summed E-state index contributed by atoms with van der Waals surface area (Å²) in [6.07, 6.45) is 8.11. The molecule has 0 spiro atoms. The average Bonchev–Trinajstić information content (AvgIpc) is 2.47. The molecule has 1 unspecified atom stereocenters. The fourth-order valence-electron chi connectivity index (χ4n) is 3.59. The third-order valence-corrected chi connectivity index (χ3v) is 5.29. The summed E-state index contributed by atoms with van der Waals surface area (Å²) in [4.78, 5) is 7.19. The van der Waals surface area contributed by atoms with Crippen LogP contribution in [0.25, 0.3) is 0 Å². The molecule has 1 aliphatic rings. The van der Waals surface area contributed by atoms with E-state index in [0.717, 1.165) is 19.5 Å². The second-order valence-electron chi connectivity index (χ2n) is 6.86. The monoisotopic (exact) mass is 289 g/mol. The Morgan fingerprint density at radius 2 is 1.90 bits per heavy atom. The SMILES string of the molecule is CCC1(CC)CCN(c2ncc(CC(C)N)cc2C)CC1. The molecule has 0 amide bonds. The Labute approximate surface area is 129 Å². The molecule has 0 aliphatic carbocycles. The fraction of sp³-hybridized carbons (Fsp3) is 0.722. The molecule has 3 nitrogen and oxygen atoms in total. The van der Waals surface area contributed by atoms with Crippen molar-refractivity contribution in [3.05, 3.63) is 23.4 Å². The smallest absolute Gasteiger partial charge is 0.131 e. The van der Waals surface area contributed by atoms with E-state index in [0.29, 0.717) is 5.41 Å². The minimum Gasteiger partial charge on any atom is -0.356 e. The lowest BCUT2D eigenvalue weighted by atomic mass is 9.74. The molecule has 2 heterocycles. The van der Waals surface area contributed by atoms with E-state index in [9.17, 15) is 0 Å². The molecule has 118 valence electrons. The van der Waals surface area contributed by atoms with Crippen molar-refractivity contribution in [2.75, 3.05) is 18.0 Å². The van der Waals surface area contributed by atoms with E-state index < -0.39 is 0 Å². The largest absolute Gasteiger partial charge is 0.356 e. The zero-order valence-electron chi connectivity index (χ0n) is 14.2. The molecule has 1 aliphatic heterocycles. The number of rotatable bonds is 5. The van der Waals surface area contributed by atoms with Crippen molar-refractivity contribution in [2.24, 2.45) is 11.1 Å². The lowest BCUT2D eigenvalue weighted by Gasteiger charge is -2.41. The van der Waals surface area contributed by atoms with Crippen LogP contribution in [0.5, 0.6) is 0 Å². The Hall–Kier alpha value is -1.09. The zero-order chi connectivity index (χ0) is 15.5. The zero-order valence-corrected chi connectivity index (χ0v) is 14.2. The van der Waals surface area contributed by atoms with E-state index in [1.54, 1.807) is 0 Å². The maximum atomic E-state index is 5.88. The third-order valence-electron chi connectivity index (χ3n) is 5.29. The minimum atomic E-state index is 0.196. The predicted octanol–water partition coefficient (Wildman–Crippen LogP) is 3.69. The van der Waals surface area contributed by atoms with Crippen molar-refractivity contribution in [1.29, 1.82) is 0 Å². The Kier molecular flexibility index (Phi) is 5.26. The van der Waals surface area contributed by atoms with Gasteiger partial charge in [-0.2, -0.15) is 0 Å². The molecule has 1 atom stereocenters. The highest BCUT2D eigenvalue weighted by molar-refractivity contribution is 5.48. The van der Waals surface area contributed by atoms with Crippen LogP contribution in [0.3, 0.4) is 0 Å². The first kappa shape index (κ1) is 16.3. The first-order valence-corrected chi connectivity index (χ1v) is 8.45. The lowest BCUT2D eigenvalue weighted by Crippen LogP contribution is -2.40. The van der Waals surface area contributed by atoms with Crippen LogP contribution in [0.4, 0.5) is 5.82 Å². The molecule has 1 fully saturated rings. The summed E-state index contributed by atoms with van der Waals surface area (Å²) in [5.41, 5.74) is 8.98. The van der Waals surface area contributed by atoms with E-state index in [1.165, 1.54) is 42.6 Å². The van der Waals surface area contributed by atoms with Gasteiger partial charge in [-0.05, 0) is 49.7 Å². The van der Waals surface area contributed by atoms with Crippen molar-refractivity contribution in [2.45, 2.75) is 65.8 Å². The molecule has 21 heavy (non-hydrogen) atoms. The Morgan fingerprint density at radius 3 is 2.38 bits per heavy atom. The first-order chi connectivity index (χ1) is 9.99. The van der Waals surface area contributed by atoms with Crippen LogP contribution in [0.1, 0.15) is 57.6 Å². The Balaban J connectivity index is 2.07. The van der Waals surface area contributed by atoms with Gasteiger partial charge in [0.15, 0.2) is 0 Å². The Morgan fingerprint density at radius 1 is 1.29 bits per heavy atom. The summed E-state index contributed by atoms with van der Waals surface area (Å²) in [6.45, 7) is 11.2. The maximum Gasteiger partial charge on any atom is 0.131 e. The van der Waals surface area contributed by atoms with Crippen LogP contribution >= 0.6 is 0 Å². The van der Waals surface area contributed by atoms with Crippen LogP contribution < -0.4 is 10.6 Å². The van der Waals surface area contributed by atoms with Gasteiger partial charge < -0.3 is 10.6 Å². The maximum absolute atomic E-state index is 5.88. The van der Waals surface area contributed by atoms with E-state index in [-0.39, 0.29) is 6.04 Å². The van der Waals surface area contributed by atoms with Crippen molar-refractivity contribution in [3.63, 3.8) is 0 Å². The average molecular weight is 289 g/mol. The van der Waals surface area contributed by atoms with Gasteiger partial charge in [0.05, 0.1) is 0 Å². The molecule has 1 aromatic heterocycles. The number of hydrogen-bond donors (Lipinski definition) is 1. The van der Waals surface area contributed by atoms with Gasteiger partial charge in [0.25, 0.3) is 0 Å². The highest BCUT2D eigenvalue weighted by Gasteiger charge is 2.31. The molecular weight excluding hydrogens is 258 g/mol. The number of aryl methyl sites for hydroxylation is 1.